The second kappa shape index (κ2) is 8.21. The smallest absolute Gasteiger partial charge is 0.232 e. The first-order chi connectivity index (χ1) is 15.1. The van der Waals surface area contributed by atoms with Crippen LogP contribution in [-0.2, 0) is 4.79 Å². The number of amides is 1. The third-order valence-electron chi connectivity index (χ3n) is 6.89. The van der Waals surface area contributed by atoms with Gasteiger partial charge in [0.25, 0.3) is 0 Å². The Morgan fingerprint density at radius 2 is 1.81 bits per heavy atom. The maximum absolute atomic E-state index is 13.5. The van der Waals surface area contributed by atoms with Crippen molar-refractivity contribution in [3.63, 3.8) is 0 Å². The lowest BCUT2D eigenvalue weighted by atomic mass is 9.74. The summed E-state index contributed by atoms with van der Waals surface area (Å²) in [6.45, 7) is 3.37. The Morgan fingerprint density at radius 1 is 1.03 bits per heavy atom. The number of hydrogen-bond donors (Lipinski definition) is 0. The van der Waals surface area contributed by atoms with E-state index in [4.69, 9.17) is 9.51 Å². The monoisotopic (exact) mass is 417 g/mol. The molecule has 3 aromatic heterocycles. The lowest BCUT2D eigenvalue weighted by Gasteiger charge is -2.35. The molecule has 7 heteroatoms. The minimum Gasteiger partial charge on any atom is -0.341 e. The van der Waals surface area contributed by atoms with Crippen LogP contribution in [-0.4, -0.2) is 44.0 Å². The highest BCUT2D eigenvalue weighted by atomic mass is 16.5. The Morgan fingerprint density at radius 3 is 2.55 bits per heavy atom. The highest BCUT2D eigenvalue weighted by molar-refractivity contribution is 5.83. The Labute approximate surface area is 181 Å². The fourth-order valence-electron chi connectivity index (χ4n) is 5.08. The van der Waals surface area contributed by atoms with Crippen molar-refractivity contribution in [2.45, 2.75) is 50.9 Å². The number of aromatic nitrogens is 4. The first kappa shape index (κ1) is 19.8. The van der Waals surface area contributed by atoms with Crippen LogP contribution in [0.5, 0.6) is 0 Å². The van der Waals surface area contributed by atoms with Crippen molar-refractivity contribution in [2.24, 2.45) is 5.41 Å². The van der Waals surface area contributed by atoms with Crippen LogP contribution in [0.1, 0.15) is 62.3 Å². The summed E-state index contributed by atoms with van der Waals surface area (Å²) >= 11 is 0. The highest BCUT2D eigenvalue weighted by Crippen LogP contribution is 2.43. The first-order valence-electron chi connectivity index (χ1n) is 11.1. The second-order valence-electron chi connectivity index (χ2n) is 9.02. The molecule has 0 spiro atoms. The molecule has 1 amide bonds. The van der Waals surface area contributed by atoms with Crippen LogP contribution in [0.4, 0.5) is 0 Å². The Balaban J connectivity index is 1.44. The van der Waals surface area contributed by atoms with Crippen LogP contribution in [0.2, 0.25) is 0 Å². The molecule has 0 radical (unpaired) electrons. The van der Waals surface area contributed by atoms with Crippen molar-refractivity contribution in [2.75, 3.05) is 13.1 Å². The van der Waals surface area contributed by atoms with E-state index in [9.17, 15) is 4.79 Å². The molecule has 2 aliphatic rings. The number of likely N-dealkylation sites (tertiary alicyclic amines) is 1. The van der Waals surface area contributed by atoms with Gasteiger partial charge in [0.2, 0.25) is 17.6 Å². The van der Waals surface area contributed by atoms with Gasteiger partial charge in [0.15, 0.2) is 0 Å². The van der Waals surface area contributed by atoms with E-state index in [0.717, 1.165) is 36.8 Å². The molecule has 3 aromatic rings. The molecular formula is C24H27N5O2. The van der Waals surface area contributed by atoms with Crippen molar-refractivity contribution in [1.29, 1.82) is 0 Å². The third-order valence-corrected chi connectivity index (χ3v) is 6.89. The van der Waals surface area contributed by atoms with Gasteiger partial charge in [-0.05, 0) is 36.6 Å². The fraction of sp³-hybridized carbons (Fsp3) is 0.458. The average Bonchev–Trinajstić information content (AvgIpc) is 3.48. The van der Waals surface area contributed by atoms with E-state index in [1.165, 1.54) is 6.42 Å². The van der Waals surface area contributed by atoms with Gasteiger partial charge in [-0.25, -0.2) is 0 Å². The number of rotatable bonds is 4. The van der Waals surface area contributed by atoms with Gasteiger partial charge in [0, 0.05) is 54.8 Å². The van der Waals surface area contributed by atoms with E-state index in [1.54, 1.807) is 18.6 Å². The topological polar surface area (TPSA) is 85.0 Å². The molecular weight excluding hydrogens is 390 g/mol. The van der Waals surface area contributed by atoms with Gasteiger partial charge in [0.1, 0.15) is 0 Å². The van der Waals surface area contributed by atoms with Gasteiger partial charge >= 0.3 is 0 Å². The molecule has 1 aliphatic carbocycles. The minimum absolute atomic E-state index is 0.0524. The van der Waals surface area contributed by atoms with E-state index < -0.39 is 0 Å². The van der Waals surface area contributed by atoms with Gasteiger partial charge in [-0.1, -0.05) is 37.4 Å². The summed E-state index contributed by atoms with van der Waals surface area (Å²) in [5, 5.41) is 4.20. The molecule has 160 valence electrons. The van der Waals surface area contributed by atoms with Crippen molar-refractivity contribution >= 4 is 5.91 Å². The lowest BCUT2D eigenvalue weighted by molar-refractivity contribution is -0.142. The summed E-state index contributed by atoms with van der Waals surface area (Å²) in [6.07, 6.45) is 12.5. The molecule has 0 bridgehead atoms. The molecule has 2 atom stereocenters. The molecule has 1 aliphatic heterocycles. The average molecular weight is 418 g/mol. The molecule has 4 heterocycles. The SMILES string of the molecule is CC1(C(=O)N2C[C@@H](c3cccnc3)[C@H](c3nc(-c4ccncc4)no3)C2)CCCCC1. The van der Waals surface area contributed by atoms with E-state index in [2.05, 4.69) is 28.1 Å². The highest BCUT2D eigenvalue weighted by Gasteiger charge is 2.45. The van der Waals surface area contributed by atoms with Crippen LogP contribution in [0.25, 0.3) is 11.4 Å². The molecule has 2 fully saturated rings. The Kier molecular flexibility index (Phi) is 5.26. The van der Waals surface area contributed by atoms with Crippen LogP contribution in [0.15, 0.2) is 53.6 Å². The zero-order chi connectivity index (χ0) is 21.3. The normalized spacial score (nSPS) is 23.1. The quantitative estimate of drug-likeness (QED) is 0.632. The van der Waals surface area contributed by atoms with Crippen LogP contribution >= 0.6 is 0 Å². The summed E-state index contributed by atoms with van der Waals surface area (Å²) in [4.78, 5) is 28.6. The molecule has 7 nitrogen and oxygen atoms in total. The van der Waals surface area contributed by atoms with Crippen LogP contribution in [0, 0.1) is 5.41 Å². The standard InChI is InChI=1S/C24H27N5O2/c1-24(9-3-2-4-10-24)23(30)29-15-19(18-6-5-11-26-14-18)20(16-29)22-27-21(28-31-22)17-7-12-25-13-8-17/h5-8,11-14,19-20H,2-4,9-10,15-16H2,1H3/t19-,20+/m0/s1. The second-order valence-corrected chi connectivity index (χ2v) is 9.02. The zero-order valence-electron chi connectivity index (χ0n) is 17.8. The molecule has 1 saturated heterocycles. The van der Waals surface area contributed by atoms with Gasteiger partial charge in [-0.2, -0.15) is 4.98 Å². The van der Waals surface area contributed by atoms with E-state index in [-0.39, 0.29) is 23.2 Å². The molecule has 31 heavy (non-hydrogen) atoms. The number of carbonyl (C=O) groups excluding carboxylic acids is 1. The molecule has 1 saturated carbocycles. The Hall–Kier alpha value is -3.09. The van der Waals surface area contributed by atoms with Gasteiger partial charge in [-0.15, -0.1) is 0 Å². The van der Waals surface area contributed by atoms with Crippen molar-refractivity contribution < 1.29 is 9.32 Å². The zero-order valence-corrected chi connectivity index (χ0v) is 17.8. The molecule has 0 N–H and O–H groups in total. The number of pyridine rings is 2. The van der Waals surface area contributed by atoms with Gasteiger partial charge < -0.3 is 9.42 Å². The maximum Gasteiger partial charge on any atom is 0.232 e. The summed E-state index contributed by atoms with van der Waals surface area (Å²) in [5.74, 6) is 1.41. The van der Waals surface area contributed by atoms with Crippen molar-refractivity contribution in [1.82, 2.24) is 25.0 Å². The van der Waals surface area contributed by atoms with E-state index in [0.29, 0.717) is 24.8 Å². The molecule has 5 rings (SSSR count). The Bertz CT molecular complexity index is 1030. The van der Waals surface area contributed by atoms with Crippen molar-refractivity contribution in [3.05, 3.63) is 60.5 Å². The molecule has 0 aromatic carbocycles. The number of hydrogen-bond acceptors (Lipinski definition) is 6. The maximum atomic E-state index is 13.5. The van der Waals surface area contributed by atoms with E-state index in [1.807, 2.05) is 29.3 Å². The fourth-order valence-corrected chi connectivity index (χ4v) is 5.08. The number of nitrogens with zero attached hydrogens (tertiary/aromatic N) is 5. The summed E-state index contributed by atoms with van der Waals surface area (Å²) in [7, 11) is 0. The molecule has 0 unspecified atom stereocenters. The predicted molar refractivity (Wildman–Crippen MR) is 115 cm³/mol. The minimum atomic E-state index is -0.260. The first-order valence-corrected chi connectivity index (χ1v) is 11.1. The summed E-state index contributed by atoms with van der Waals surface area (Å²) < 4.78 is 5.71. The van der Waals surface area contributed by atoms with Crippen molar-refractivity contribution in [3.8, 4) is 11.4 Å². The predicted octanol–water partition coefficient (Wildman–Crippen LogP) is 4.21. The number of carbonyl (C=O) groups is 1. The van der Waals surface area contributed by atoms with Gasteiger partial charge in [-0.3, -0.25) is 14.8 Å². The third kappa shape index (κ3) is 3.84. The summed E-state index contributed by atoms with van der Waals surface area (Å²) in [5.41, 5.74) is 1.70. The van der Waals surface area contributed by atoms with Crippen LogP contribution < -0.4 is 0 Å². The summed E-state index contributed by atoms with van der Waals surface area (Å²) in [6, 6.07) is 7.74. The van der Waals surface area contributed by atoms with E-state index >= 15 is 0 Å². The largest absolute Gasteiger partial charge is 0.341 e. The lowest BCUT2D eigenvalue weighted by Crippen LogP contribution is -2.42. The van der Waals surface area contributed by atoms with Gasteiger partial charge in [0.05, 0.1) is 5.92 Å². The van der Waals surface area contributed by atoms with Crippen LogP contribution in [0.3, 0.4) is 0 Å².